The standard InChI is InChI=1S/C17H23NOS/c1-5-9-18-17(14-8-10-20-13(14)3)15-7-6-12(2)11-16(15)19-4/h6-8,10-11,17-18H,5,9H2,1-4H3. The Kier molecular flexibility index (Phi) is 5.21. The van der Waals surface area contributed by atoms with E-state index in [2.05, 4.69) is 55.7 Å². The van der Waals surface area contributed by atoms with Crippen molar-refractivity contribution in [3.63, 3.8) is 0 Å². The fourth-order valence-electron chi connectivity index (χ4n) is 2.43. The van der Waals surface area contributed by atoms with Gasteiger partial charge < -0.3 is 10.1 Å². The smallest absolute Gasteiger partial charge is 0.124 e. The van der Waals surface area contributed by atoms with Crippen LogP contribution in [0.1, 0.15) is 41.0 Å². The summed E-state index contributed by atoms with van der Waals surface area (Å²) in [5.41, 5.74) is 3.79. The van der Waals surface area contributed by atoms with E-state index in [4.69, 9.17) is 4.74 Å². The molecule has 0 amide bonds. The van der Waals surface area contributed by atoms with Crippen LogP contribution in [0.5, 0.6) is 5.75 Å². The van der Waals surface area contributed by atoms with Crippen molar-refractivity contribution in [1.82, 2.24) is 5.32 Å². The van der Waals surface area contributed by atoms with Crippen molar-refractivity contribution in [3.8, 4) is 5.75 Å². The second-order valence-electron chi connectivity index (χ2n) is 5.06. The van der Waals surface area contributed by atoms with Crippen molar-refractivity contribution in [2.45, 2.75) is 33.2 Å². The predicted molar refractivity (Wildman–Crippen MR) is 86.9 cm³/mol. The van der Waals surface area contributed by atoms with Crippen LogP contribution in [0.15, 0.2) is 29.6 Å². The second-order valence-corrected chi connectivity index (χ2v) is 6.18. The molecule has 0 aliphatic heterocycles. The van der Waals surface area contributed by atoms with Crippen LogP contribution in [0.25, 0.3) is 0 Å². The van der Waals surface area contributed by atoms with Gasteiger partial charge in [-0.3, -0.25) is 0 Å². The molecule has 1 atom stereocenters. The van der Waals surface area contributed by atoms with E-state index in [1.807, 2.05) is 0 Å². The molecule has 0 saturated heterocycles. The van der Waals surface area contributed by atoms with Gasteiger partial charge in [0.2, 0.25) is 0 Å². The van der Waals surface area contributed by atoms with E-state index < -0.39 is 0 Å². The van der Waals surface area contributed by atoms with E-state index in [9.17, 15) is 0 Å². The Bertz CT molecular complexity index is 562. The molecule has 1 heterocycles. The van der Waals surface area contributed by atoms with Crippen LogP contribution in [0.2, 0.25) is 0 Å². The lowest BCUT2D eigenvalue weighted by Crippen LogP contribution is -2.23. The Morgan fingerprint density at radius 3 is 2.60 bits per heavy atom. The minimum absolute atomic E-state index is 0.205. The Morgan fingerprint density at radius 1 is 1.20 bits per heavy atom. The molecule has 0 radical (unpaired) electrons. The fraction of sp³-hybridized carbons (Fsp3) is 0.412. The lowest BCUT2D eigenvalue weighted by molar-refractivity contribution is 0.403. The zero-order valence-electron chi connectivity index (χ0n) is 12.7. The highest BCUT2D eigenvalue weighted by Crippen LogP contribution is 2.34. The molecule has 0 bridgehead atoms. The van der Waals surface area contributed by atoms with E-state index >= 15 is 0 Å². The molecule has 1 N–H and O–H groups in total. The van der Waals surface area contributed by atoms with Gasteiger partial charge in [0.05, 0.1) is 13.2 Å². The zero-order chi connectivity index (χ0) is 14.5. The molecule has 1 aromatic heterocycles. The fourth-order valence-corrected chi connectivity index (χ4v) is 3.17. The van der Waals surface area contributed by atoms with Crippen LogP contribution in [0.4, 0.5) is 0 Å². The highest BCUT2D eigenvalue weighted by molar-refractivity contribution is 7.10. The first kappa shape index (κ1) is 15.1. The van der Waals surface area contributed by atoms with Crippen LogP contribution in [-0.4, -0.2) is 13.7 Å². The molecule has 3 heteroatoms. The van der Waals surface area contributed by atoms with Crippen molar-refractivity contribution in [2.75, 3.05) is 13.7 Å². The maximum atomic E-state index is 5.59. The molecule has 0 aliphatic rings. The molecule has 1 unspecified atom stereocenters. The van der Waals surface area contributed by atoms with Crippen LogP contribution in [0.3, 0.4) is 0 Å². The first-order valence-corrected chi connectivity index (χ1v) is 7.97. The van der Waals surface area contributed by atoms with Crippen molar-refractivity contribution in [2.24, 2.45) is 0 Å². The number of ether oxygens (including phenoxy) is 1. The van der Waals surface area contributed by atoms with Gasteiger partial charge in [-0.1, -0.05) is 19.1 Å². The summed E-state index contributed by atoms with van der Waals surface area (Å²) in [6.45, 7) is 7.46. The average Bonchev–Trinajstić information content (AvgIpc) is 2.86. The lowest BCUT2D eigenvalue weighted by Gasteiger charge is -2.22. The Hall–Kier alpha value is -1.32. The molecular weight excluding hydrogens is 266 g/mol. The quantitative estimate of drug-likeness (QED) is 0.847. The molecular formula is C17H23NOS. The maximum Gasteiger partial charge on any atom is 0.124 e. The zero-order valence-corrected chi connectivity index (χ0v) is 13.5. The highest BCUT2D eigenvalue weighted by Gasteiger charge is 2.20. The molecule has 108 valence electrons. The number of hydrogen-bond donors (Lipinski definition) is 1. The average molecular weight is 289 g/mol. The van der Waals surface area contributed by atoms with Crippen molar-refractivity contribution in [1.29, 1.82) is 0 Å². The van der Waals surface area contributed by atoms with Gasteiger partial charge >= 0.3 is 0 Å². The highest BCUT2D eigenvalue weighted by atomic mass is 32.1. The number of nitrogens with one attached hydrogen (secondary N) is 1. The van der Waals surface area contributed by atoms with Crippen molar-refractivity contribution >= 4 is 11.3 Å². The van der Waals surface area contributed by atoms with Gasteiger partial charge in [0, 0.05) is 10.4 Å². The summed E-state index contributed by atoms with van der Waals surface area (Å²) >= 11 is 1.80. The van der Waals surface area contributed by atoms with E-state index in [-0.39, 0.29) is 6.04 Å². The Labute approximate surface area is 125 Å². The predicted octanol–water partition coefficient (Wildman–Crippen LogP) is 4.46. The third-order valence-electron chi connectivity index (χ3n) is 3.51. The Balaban J connectivity index is 2.43. The van der Waals surface area contributed by atoms with Crippen LogP contribution < -0.4 is 10.1 Å². The van der Waals surface area contributed by atoms with Crippen LogP contribution >= 0.6 is 11.3 Å². The van der Waals surface area contributed by atoms with Crippen LogP contribution in [-0.2, 0) is 0 Å². The molecule has 20 heavy (non-hydrogen) atoms. The number of benzene rings is 1. The summed E-state index contributed by atoms with van der Waals surface area (Å²) in [7, 11) is 1.75. The van der Waals surface area contributed by atoms with Gasteiger partial charge in [0.1, 0.15) is 5.75 Å². The first-order valence-electron chi connectivity index (χ1n) is 7.09. The molecule has 2 rings (SSSR count). The molecule has 2 aromatic rings. The van der Waals surface area contributed by atoms with Gasteiger partial charge in [-0.05, 0) is 55.5 Å². The maximum absolute atomic E-state index is 5.59. The SMILES string of the molecule is CCCNC(c1ccc(C)cc1OC)c1ccsc1C. The molecule has 0 spiro atoms. The van der Waals surface area contributed by atoms with Gasteiger partial charge in [0.15, 0.2) is 0 Å². The lowest BCUT2D eigenvalue weighted by atomic mass is 9.97. The van der Waals surface area contributed by atoms with E-state index in [0.717, 1.165) is 18.7 Å². The topological polar surface area (TPSA) is 21.3 Å². The third-order valence-corrected chi connectivity index (χ3v) is 4.37. The van der Waals surface area contributed by atoms with Gasteiger partial charge in [0.25, 0.3) is 0 Å². The summed E-state index contributed by atoms with van der Waals surface area (Å²) in [4.78, 5) is 1.36. The summed E-state index contributed by atoms with van der Waals surface area (Å²) in [5.74, 6) is 0.962. The summed E-state index contributed by atoms with van der Waals surface area (Å²) < 4.78 is 5.59. The number of hydrogen-bond acceptors (Lipinski definition) is 3. The summed E-state index contributed by atoms with van der Waals surface area (Å²) in [6.07, 6.45) is 1.12. The minimum atomic E-state index is 0.205. The molecule has 2 nitrogen and oxygen atoms in total. The minimum Gasteiger partial charge on any atom is -0.496 e. The number of methoxy groups -OCH3 is 1. The van der Waals surface area contributed by atoms with Gasteiger partial charge in [-0.2, -0.15) is 0 Å². The summed E-state index contributed by atoms with van der Waals surface area (Å²) in [6, 6.07) is 8.86. The second kappa shape index (κ2) is 6.91. The molecule has 0 fully saturated rings. The van der Waals surface area contributed by atoms with E-state index in [1.54, 1.807) is 18.4 Å². The molecule has 0 saturated carbocycles. The van der Waals surface area contributed by atoms with Gasteiger partial charge in [-0.25, -0.2) is 0 Å². The van der Waals surface area contributed by atoms with E-state index in [1.165, 1.54) is 21.6 Å². The largest absolute Gasteiger partial charge is 0.496 e. The van der Waals surface area contributed by atoms with E-state index in [0.29, 0.717) is 0 Å². The number of thiophene rings is 1. The monoisotopic (exact) mass is 289 g/mol. The number of aryl methyl sites for hydroxylation is 2. The third kappa shape index (κ3) is 3.22. The van der Waals surface area contributed by atoms with Crippen molar-refractivity contribution < 1.29 is 4.74 Å². The van der Waals surface area contributed by atoms with Gasteiger partial charge in [-0.15, -0.1) is 11.3 Å². The summed E-state index contributed by atoms with van der Waals surface area (Å²) in [5, 5.41) is 5.81. The number of rotatable bonds is 6. The van der Waals surface area contributed by atoms with Crippen molar-refractivity contribution in [3.05, 3.63) is 51.2 Å². The normalized spacial score (nSPS) is 12.4. The van der Waals surface area contributed by atoms with Crippen LogP contribution in [0, 0.1) is 13.8 Å². The molecule has 1 aromatic carbocycles. The first-order chi connectivity index (χ1) is 9.67. The Morgan fingerprint density at radius 2 is 2.00 bits per heavy atom. The molecule has 0 aliphatic carbocycles.